The van der Waals surface area contributed by atoms with E-state index in [-0.39, 0.29) is 5.56 Å². The summed E-state index contributed by atoms with van der Waals surface area (Å²) in [6, 6.07) is 16.9. The molecule has 0 spiro atoms. The van der Waals surface area contributed by atoms with E-state index in [9.17, 15) is 4.79 Å². The second kappa shape index (κ2) is 8.30. The van der Waals surface area contributed by atoms with Crippen molar-refractivity contribution in [3.05, 3.63) is 86.8 Å². The summed E-state index contributed by atoms with van der Waals surface area (Å²) in [5, 5.41) is 7.11. The molecule has 0 unspecified atom stereocenters. The molecule has 6 nitrogen and oxygen atoms in total. The quantitative estimate of drug-likeness (QED) is 0.242. The number of thioether (sulfide) groups is 1. The van der Waals surface area contributed by atoms with E-state index < -0.39 is 0 Å². The molecular weight excluding hydrogens is 452 g/mol. The maximum Gasteiger partial charge on any atom is 0.276 e. The van der Waals surface area contributed by atoms with Crippen LogP contribution in [-0.2, 0) is 5.75 Å². The minimum atomic E-state index is -0.115. The zero-order chi connectivity index (χ0) is 21.4. The molecule has 3 heterocycles. The van der Waals surface area contributed by atoms with E-state index in [0.29, 0.717) is 43.6 Å². The lowest BCUT2D eigenvalue weighted by molar-refractivity contribution is 0.391. The van der Waals surface area contributed by atoms with Gasteiger partial charge in [-0.25, -0.2) is 4.98 Å². The Hall–Kier alpha value is -2.94. The summed E-state index contributed by atoms with van der Waals surface area (Å²) in [6.45, 7) is 2.02. The number of rotatable bonds is 5. The Balaban J connectivity index is 1.49. The third-order valence-corrected chi connectivity index (χ3v) is 6.67. The molecule has 0 atom stereocenters. The van der Waals surface area contributed by atoms with Gasteiger partial charge in [0, 0.05) is 10.6 Å². The van der Waals surface area contributed by atoms with Crippen molar-refractivity contribution in [1.29, 1.82) is 0 Å². The fraction of sp³-hybridized carbons (Fsp3) is 0.0909. The van der Waals surface area contributed by atoms with Crippen molar-refractivity contribution in [3.8, 4) is 17.1 Å². The third-order valence-electron chi connectivity index (χ3n) is 4.60. The van der Waals surface area contributed by atoms with Crippen LogP contribution in [0, 0.1) is 6.92 Å². The van der Waals surface area contributed by atoms with Gasteiger partial charge < -0.3 is 4.52 Å². The summed E-state index contributed by atoms with van der Waals surface area (Å²) in [4.78, 5) is 22.4. The molecule has 0 N–H and O–H groups in total. The minimum absolute atomic E-state index is 0.115. The smallest absolute Gasteiger partial charge is 0.276 e. The molecule has 31 heavy (non-hydrogen) atoms. The van der Waals surface area contributed by atoms with E-state index in [0.717, 1.165) is 11.1 Å². The van der Waals surface area contributed by atoms with E-state index in [1.165, 1.54) is 23.1 Å². The molecule has 0 aliphatic heterocycles. The van der Waals surface area contributed by atoms with E-state index in [4.69, 9.17) is 21.1 Å². The Labute approximate surface area is 190 Å². The molecule has 0 bridgehead atoms. The Kier molecular flexibility index (Phi) is 5.35. The van der Waals surface area contributed by atoms with E-state index in [2.05, 4.69) is 10.1 Å². The predicted octanol–water partition coefficient (Wildman–Crippen LogP) is 5.75. The number of nitrogens with zero attached hydrogens (tertiary/aromatic N) is 4. The topological polar surface area (TPSA) is 73.8 Å². The molecule has 0 aliphatic rings. The lowest BCUT2D eigenvalue weighted by Crippen LogP contribution is -2.20. The molecule has 2 aromatic carbocycles. The number of thiophene rings is 1. The van der Waals surface area contributed by atoms with Crippen LogP contribution < -0.4 is 5.56 Å². The van der Waals surface area contributed by atoms with Gasteiger partial charge in [0.2, 0.25) is 11.7 Å². The highest BCUT2D eigenvalue weighted by Crippen LogP contribution is 2.27. The second-order valence-electron chi connectivity index (χ2n) is 6.82. The first-order valence-electron chi connectivity index (χ1n) is 9.37. The molecule has 0 saturated heterocycles. The number of aromatic nitrogens is 4. The van der Waals surface area contributed by atoms with Crippen LogP contribution in [0.2, 0.25) is 5.02 Å². The molecule has 3 aromatic heterocycles. The van der Waals surface area contributed by atoms with Gasteiger partial charge in [-0.05, 0) is 48.7 Å². The van der Waals surface area contributed by atoms with Crippen molar-refractivity contribution in [2.75, 3.05) is 0 Å². The van der Waals surface area contributed by atoms with Crippen molar-refractivity contribution >= 4 is 44.9 Å². The molecule has 9 heteroatoms. The van der Waals surface area contributed by atoms with Crippen molar-refractivity contribution < 1.29 is 4.52 Å². The average molecular weight is 467 g/mol. The Morgan fingerprint density at radius 1 is 1.13 bits per heavy atom. The number of fused-ring (bicyclic) bond motifs is 1. The molecule has 0 saturated carbocycles. The number of halogens is 1. The van der Waals surface area contributed by atoms with Gasteiger partial charge in [-0.3, -0.25) is 9.36 Å². The minimum Gasteiger partial charge on any atom is -0.338 e. The zero-order valence-electron chi connectivity index (χ0n) is 16.3. The van der Waals surface area contributed by atoms with Crippen molar-refractivity contribution in [2.24, 2.45) is 0 Å². The highest BCUT2D eigenvalue weighted by Gasteiger charge is 2.16. The number of hydrogen-bond donors (Lipinski definition) is 0. The van der Waals surface area contributed by atoms with Crippen molar-refractivity contribution in [2.45, 2.75) is 17.8 Å². The normalized spacial score (nSPS) is 11.3. The molecule has 0 radical (unpaired) electrons. The summed E-state index contributed by atoms with van der Waals surface area (Å²) in [5.41, 5.74) is 3.28. The zero-order valence-corrected chi connectivity index (χ0v) is 18.7. The Morgan fingerprint density at radius 3 is 2.77 bits per heavy atom. The SMILES string of the molecule is Cc1cccc(-c2noc(CSc3nc4ccsc4c(=O)n3-c3ccc(Cl)cc3)n2)c1. The van der Waals surface area contributed by atoms with Crippen LogP contribution in [0.1, 0.15) is 11.5 Å². The van der Waals surface area contributed by atoms with Crippen molar-refractivity contribution in [3.63, 3.8) is 0 Å². The first-order valence-corrected chi connectivity index (χ1v) is 11.6. The number of aryl methyl sites for hydroxylation is 1. The van der Waals surface area contributed by atoms with Gasteiger partial charge in [-0.1, -0.05) is 52.3 Å². The highest BCUT2D eigenvalue weighted by atomic mass is 35.5. The third kappa shape index (κ3) is 4.01. The standard InChI is InChI=1S/C22H15ClN4O2S2/c1-13-3-2-4-14(11-13)20-25-18(29-26-20)12-31-22-24-17-9-10-30-19(17)21(28)27(22)16-7-5-15(23)6-8-16/h2-11H,12H2,1H3. The molecule has 154 valence electrons. The summed E-state index contributed by atoms with van der Waals surface area (Å²) >= 11 is 8.78. The first kappa shape index (κ1) is 20.0. The predicted molar refractivity (Wildman–Crippen MR) is 124 cm³/mol. The monoisotopic (exact) mass is 466 g/mol. The average Bonchev–Trinajstić information content (AvgIpc) is 3.43. The maximum atomic E-state index is 13.2. The first-order chi connectivity index (χ1) is 15.1. The number of benzene rings is 2. The summed E-state index contributed by atoms with van der Waals surface area (Å²) < 4.78 is 7.64. The number of hydrogen-bond acceptors (Lipinski definition) is 7. The van der Waals surface area contributed by atoms with Gasteiger partial charge in [0.25, 0.3) is 5.56 Å². The van der Waals surface area contributed by atoms with Crippen LogP contribution in [-0.4, -0.2) is 19.7 Å². The van der Waals surface area contributed by atoms with Gasteiger partial charge >= 0.3 is 0 Å². The van der Waals surface area contributed by atoms with Crippen LogP contribution in [0.3, 0.4) is 0 Å². The fourth-order valence-electron chi connectivity index (χ4n) is 3.15. The van der Waals surface area contributed by atoms with Gasteiger partial charge in [-0.2, -0.15) is 4.98 Å². The summed E-state index contributed by atoms with van der Waals surface area (Å²) in [6.07, 6.45) is 0. The van der Waals surface area contributed by atoms with Crippen LogP contribution >= 0.6 is 34.7 Å². The van der Waals surface area contributed by atoms with Gasteiger partial charge in [0.15, 0.2) is 5.16 Å². The van der Waals surface area contributed by atoms with Gasteiger partial charge in [0.05, 0.1) is 17.0 Å². The van der Waals surface area contributed by atoms with E-state index in [1.807, 2.05) is 42.6 Å². The summed E-state index contributed by atoms with van der Waals surface area (Å²) in [7, 11) is 0. The lowest BCUT2D eigenvalue weighted by Gasteiger charge is -2.11. The maximum absolute atomic E-state index is 13.2. The highest BCUT2D eigenvalue weighted by molar-refractivity contribution is 7.98. The molecule has 5 rings (SSSR count). The Morgan fingerprint density at radius 2 is 1.97 bits per heavy atom. The van der Waals surface area contributed by atoms with Gasteiger partial charge in [-0.15, -0.1) is 11.3 Å². The second-order valence-corrected chi connectivity index (χ2v) is 9.11. The fourth-order valence-corrected chi connectivity index (χ4v) is 4.88. The van der Waals surface area contributed by atoms with Crippen LogP contribution in [0.4, 0.5) is 0 Å². The Bertz CT molecular complexity index is 1440. The largest absolute Gasteiger partial charge is 0.338 e. The molecule has 0 fully saturated rings. The molecule has 0 aliphatic carbocycles. The molecular formula is C22H15ClN4O2S2. The summed E-state index contributed by atoms with van der Waals surface area (Å²) in [5.74, 6) is 1.38. The molecule has 5 aromatic rings. The molecule has 0 amide bonds. The van der Waals surface area contributed by atoms with Gasteiger partial charge in [0.1, 0.15) is 4.70 Å². The van der Waals surface area contributed by atoms with Crippen LogP contribution in [0.25, 0.3) is 27.3 Å². The van der Waals surface area contributed by atoms with Crippen LogP contribution in [0.15, 0.2) is 74.5 Å². The lowest BCUT2D eigenvalue weighted by atomic mass is 10.1. The van der Waals surface area contributed by atoms with E-state index in [1.54, 1.807) is 28.8 Å². The van der Waals surface area contributed by atoms with Crippen molar-refractivity contribution in [1.82, 2.24) is 19.7 Å². The van der Waals surface area contributed by atoms with E-state index >= 15 is 0 Å². The van der Waals surface area contributed by atoms with Crippen LogP contribution in [0.5, 0.6) is 0 Å².